The second-order valence-corrected chi connectivity index (χ2v) is 4.80. The summed E-state index contributed by atoms with van der Waals surface area (Å²) >= 11 is 0. The molecule has 0 aliphatic carbocycles. The Morgan fingerprint density at radius 3 is 2.37 bits per heavy atom. The molecule has 1 fully saturated rings. The van der Waals surface area contributed by atoms with Gasteiger partial charge >= 0.3 is 6.18 Å². The van der Waals surface area contributed by atoms with Gasteiger partial charge in [0.25, 0.3) is 0 Å². The van der Waals surface area contributed by atoms with Crippen LogP contribution in [0.25, 0.3) is 5.70 Å². The van der Waals surface area contributed by atoms with E-state index in [4.69, 9.17) is 5.73 Å². The Kier molecular flexibility index (Phi) is 3.73. The normalized spacial score (nSPS) is 16.5. The van der Waals surface area contributed by atoms with E-state index in [2.05, 4.69) is 6.58 Å². The standard InChI is InChI=1S/C14H17F3N2/c1-10(19-7-3-2-4-8-19)12-6-5-11(18)9-13(12)14(15,16)17/h5-6,9H,1-4,7-8,18H2. The summed E-state index contributed by atoms with van der Waals surface area (Å²) in [5.41, 5.74) is 5.43. The molecule has 1 aromatic carbocycles. The van der Waals surface area contributed by atoms with Gasteiger partial charge in [0.2, 0.25) is 0 Å². The first-order valence-electron chi connectivity index (χ1n) is 6.30. The minimum Gasteiger partial charge on any atom is -0.399 e. The van der Waals surface area contributed by atoms with E-state index >= 15 is 0 Å². The summed E-state index contributed by atoms with van der Waals surface area (Å²) in [5, 5.41) is 0. The monoisotopic (exact) mass is 270 g/mol. The third-order valence-corrected chi connectivity index (χ3v) is 3.40. The van der Waals surface area contributed by atoms with Crippen molar-refractivity contribution < 1.29 is 13.2 Å². The van der Waals surface area contributed by atoms with Crippen LogP contribution in [0.3, 0.4) is 0 Å². The van der Waals surface area contributed by atoms with Gasteiger partial charge in [-0.3, -0.25) is 0 Å². The van der Waals surface area contributed by atoms with Crippen LogP contribution in [0.15, 0.2) is 24.8 Å². The van der Waals surface area contributed by atoms with Gasteiger partial charge in [0.15, 0.2) is 0 Å². The summed E-state index contributed by atoms with van der Waals surface area (Å²) in [6.07, 6.45) is -1.30. The fourth-order valence-electron chi connectivity index (χ4n) is 2.38. The third kappa shape index (κ3) is 3.03. The maximum Gasteiger partial charge on any atom is 0.417 e. The molecular weight excluding hydrogens is 253 g/mol. The van der Waals surface area contributed by atoms with Crippen molar-refractivity contribution in [2.24, 2.45) is 0 Å². The fourth-order valence-corrected chi connectivity index (χ4v) is 2.38. The average Bonchev–Trinajstić information content (AvgIpc) is 2.38. The van der Waals surface area contributed by atoms with Gasteiger partial charge in [-0.05, 0) is 31.4 Å². The summed E-state index contributed by atoms with van der Waals surface area (Å²) in [6, 6.07) is 3.87. The summed E-state index contributed by atoms with van der Waals surface area (Å²) in [5.74, 6) is 0. The van der Waals surface area contributed by atoms with Crippen molar-refractivity contribution in [3.63, 3.8) is 0 Å². The maximum absolute atomic E-state index is 13.0. The minimum atomic E-state index is -4.41. The zero-order chi connectivity index (χ0) is 14.0. The molecule has 0 amide bonds. The van der Waals surface area contributed by atoms with E-state index in [0.717, 1.165) is 38.4 Å². The molecule has 1 aliphatic heterocycles. The second-order valence-electron chi connectivity index (χ2n) is 4.80. The molecule has 19 heavy (non-hydrogen) atoms. The van der Waals surface area contributed by atoms with E-state index in [1.807, 2.05) is 4.90 Å². The lowest BCUT2D eigenvalue weighted by atomic mass is 10.0. The van der Waals surface area contributed by atoms with Crippen LogP contribution in [0.2, 0.25) is 0 Å². The Morgan fingerprint density at radius 1 is 1.16 bits per heavy atom. The highest BCUT2D eigenvalue weighted by molar-refractivity contribution is 5.68. The number of halogens is 3. The molecule has 0 saturated carbocycles. The lowest BCUT2D eigenvalue weighted by Gasteiger charge is -2.31. The molecule has 2 nitrogen and oxygen atoms in total. The van der Waals surface area contributed by atoms with Crippen LogP contribution < -0.4 is 5.73 Å². The Hall–Kier alpha value is -1.65. The number of likely N-dealkylation sites (tertiary alicyclic amines) is 1. The van der Waals surface area contributed by atoms with Gasteiger partial charge in [-0.1, -0.05) is 12.6 Å². The summed E-state index contributed by atoms with van der Waals surface area (Å²) < 4.78 is 39.1. The Morgan fingerprint density at radius 2 is 1.79 bits per heavy atom. The molecule has 104 valence electrons. The number of alkyl halides is 3. The number of rotatable bonds is 2. The van der Waals surface area contributed by atoms with E-state index in [-0.39, 0.29) is 11.3 Å². The van der Waals surface area contributed by atoms with E-state index in [9.17, 15) is 13.2 Å². The van der Waals surface area contributed by atoms with Crippen LogP contribution in [-0.2, 0) is 6.18 Å². The van der Waals surface area contributed by atoms with Crippen molar-refractivity contribution in [1.29, 1.82) is 0 Å². The number of nitrogen functional groups attached to an aromatic ring is 1. The number of anilines is 1. The van der Waals surface area contributed by atoms with Gasteiger partial charge in [-0.2, -0.15) is 13.2 Å². The van der Waals surface area contributed by atoms with E-state index in [0.29, 0.717) is 5.70 Å². The quantitative estimate of drug-likeness (QED) is 0.829. The molecule has 0 aromatic heterocycles. The van der Waals surface area contributed by atoms with Crippen LogP contribution in [0.1, 0.15) is 30.4 Å². The highest BCUT2D eigenvalue weighted by Crippen LogP contribution is 2.37. The Labute approximate surface area is 110 Å². The molecule has 0 unspecified atom stereocenters. The number of piperidine rings is 1. The molecule has 1 aromatic rings. The molecular formula is C14H17F3N2. The third-order valence-electron chi connectivity index (χ3n) is 3.40. The zero-order valence-electron chi connectivity index (χ0n) is 10.6. The van der Waals surface area contributed by atoms with Crippen molar-refractivity contribution >= 4 is 11.4 Å². The lowest BCUT2D eigenvalue weighted by molar-refractivity contribution is -0.137. The Bertz CT molecular complexity index is 474. The highest BCUT2D eigenvalue weighted by atomic mass is 19.4. The van der Waals surface area contributed by atoms with E-state index < -0.39 is 11.7 Å². The van der Waals surface area contributed by atoms with Crippen LogP contribution in [0.4, 0.5) is 18.9 Å². The van der Waals surface area contributed by atoms with Gasteiger partial charge in [0.05, 0.1) is 5.56 Å². The SMILES string of the molecule is C=C(c1ccc(N)cc1C(F)(F)F)N1CCCCC1. The van der Waals surface area contributed by atoms with Crippen LogP contribution >= 0.6 is 0 Å². The average molecular weight is 270 g/mol. The van der Waals surface area contributed by atoms with Crippen LogP contribution in [0, 0.1) is 0 Å². The summed E-state index contributed by atoms with van der Waals surface area (Å²) in [4.78, 5) is 1.92. The molecule has 5 heteroatoms. The van der Waals surface area contributed by atoms with Gasteiger partial charge < -0.3 is 10.6 Å². The van der Waals surface area contributed by atoms with Crippen molar-refractivity contribution in [1.82, 2.24) is 4.90 Å². The first kappa shape index (κ1) is 13.8. The fraction of sp³-hybridized carbons (Fsp3) is 0.429. The van der Waals surface area contributed by atoms with Gasteiger partial charge in [0.1, 0.15) is 0 Å². The van der Waals surface area contributed by atoms with Gasteiger partial charge in [0, 0.05) is 30.0 Å². The predicted octanol–water partition coefficient (Wildman–Crippen LogP) is 3.74. The van der Waals surface area contributed by atoms with Crippen LogP contribution in [-0.4, -0.2) is 18.0 Å². The number of nitrogens with two attached hydrogens (primary N) is 1. The molecule has 2 rings (SSSR count). The molecule has 0 atom stereocenters. The zero-order valence-corrected chi connectivity index (χ0v) is 10.6. The van der Waals surface area contributed by atoms with Crippen molar-refractivity contribution in [2.45, 2.75) is 25.4 Å². The Balaban J connectivity index is 2.35. The number of hydrogen-bond donors (Lipinski definition) is 1. The number of benzene rings is 1. The number of hydrogen-bond acceptors (Lipinski definition) is 2. The molecule has 1 aliphatic rings. The van der Waals surface area contributed by atoms with Gasteiger partial charge in [-0.25, -0.2) is 0 Å². The number of nitrogens with zero attached hydrogens (tertiary/aromatic N) is 1. The van der Waals surface area contributed by atoms with E-state index in [1.165, 1.54) is 12.1 Å². The largest absolute Gasteiger partial charge is 0.417 e. The van der Waals surface area contributed by atoms with Crippen LogP contribution in [0.5, 0.6) is 0 Å². The molecule has 2 N–H and O–H groups in total. The van der Waals surface area contributed by atoms with Crippen molar-refractivity contribution in [3.8, 4) is 0 Å². The van der Waals surface area contributed by atoms with Gasteiger partial charge in [-0.15, -0.1) is 0 Å². The second kappa shape index (κ2) is 5.15. The molecule has 0 radical (unpaired) electrons. The highest BCUT2D eigenvalue weighted by Gasteiger charge is 2.34. The van der Waals surface area contributed by atoms with E-state index in [1.54, 1.807) is 0 Å². The molecule has 1 saturated heterocycles. The molecule has 1 heterocycles. The lowest BCUT2D eigenvalue weighted by Crippen LogP contribution is -2.28. The summed E-state index contributed by atoms with van der Waals surface area (Å²) in [6.45, 7) is 5.37. The topological polar surface area (TPSA) is 29.3 Å². The van der Waals surface area contributed by atoms with Crippen molar-refractivity contribution in [3.05, 3.63) is 35.9 Å². The minimum absolute atomic E-state index is 0.113. The maximum atomic E-state index is 13.0. The predicted molar refractivity (Wildman–Crippen MR) is 70.3 cm³/mol. The first-order valence-corrected chi connectivity index (χ1v) is 6.30. The smallest absolute Gasteiger partial charge is 0.399 e. The van der Waals surface area contributed by atoms with Crippen molar-refractivity contribution in [2.75, 3.05) is 18.8 Å². The first-order chi connectivity index (χ1) is 8.89. The molecule has 0 spiro atoms. The summed E-state index contributed by atoms with van der Waals surface area (Å²) in [7, 11) is 0. The molecule has 0 bridgehead atoms.